The summed E-state index contributed by atoms with van der Waals surface area (Å²) in [5.41, 5.74) is 7.57. The van der Waals surface area contributed by atoms with Crippen LogP contribution in [0.3, 0.4) is 0 Å². The summed E-state index contributed by atoms with van der Waals surface area (Å²) in [6.45, 7) is 0.655. The highest BCUT2D eigenvalue weighted by Crippen LogP contribution is 2.25. The lowest BCUT2D eigenvalue weighted by Crippen LogP contribution is -2.40. The standard InChI is InChI=1S/C15H20N4O.ClH/c16-8-10-3-1-5-13(10)19-14(20)7-11-9-18-15-12(11)4-2-6-17-15;/h2,4,6,9-10,13H,1,3,5,7-8,16H2,(H,17,18)(H,19,20);1H. The Morgan fingerprint density at radius 3 is 3.14 bits per heavy atom. The molecular formula is C15H21ClN4O. The highest BCUT2D eigenvalue weighted by Gasteiger charge is 2.27. The van der Waals surface area contributed by atoms with Crippen LogP contribution in [0, 0.1) is 5.92 Å². The van der Waals surface area contributed by atoms with Crippen molar-refractivity contribution in [3.05, 3.63) is 30.1 Å². The van der Waals surface area contributed by atoms with Gasteiger partial charge in [0.1, 0.15) is 5.65 Å². The highest BCUT2D eigenvalue weighted by atomic mass is 35.5. The van der Waals surface area contributed by atoms with Crippen LogP contribution in [-0.4, -0.2) is 28.5 Å². The number of carbonyl (C=O) groups is 1. The summed E-state index contributed by atoms with van der Waals surface area (Å²) in [7, 11) is 0. The molecule has 2 aromatic heterocycles. The van der Waals surface area contributed by atoms with Gasteiger partial charge in [0.15, 0.2) is 0 Å². The number of hydrogen-bond donors (Lipinski definition) is 3. The molecule has 0 spiro atoms. The third kappa shape index (κ3) is 3.36. The van der Waals surface area contributed by atoms with E-state index in [9.17, 15) is 4.79 Å². The molecule has 1 aliphatic rings. The van der Waals surface area contributed by atoms with Crippen LogP contribution in [-0.2, 0) is 11.2 Å². The van der Waals surface area contributed by atoms with Gasteiger partial charge in [-0.25, -0.2) is 4.98 Å². The Morgan fingerprint density at radius 2 is 2.33 bits per heavy atom. The van der Waals surface area contributed by atoms with Gasteiger partial charge >= 0.3 is 0 Å². The minimum absolute atomic E-state index is 0. The molecule has 2 unspecified atom stereocenters. The largest absolute Gasteiger partial charge is 0.353 e. The number of carbonyl (C=O) groups excluding carboxylic acids is 1. The minimum Gasteiger partial charge on any atom is -0.353 e. The molecule has 0 aliphatic heterocycles. The van der Waals surface area contributed by atoms with Gasteiger partial charge in [0.25, 0.3) is 0 Å². The second-order valence-corrected chi connectivity index (χ2v) is 5.49. The van der Waals surface area contributed by atoms with Crippen LogP contribution < -0.4 is 11.1 Å². The molecule has 6 heteroatoms. The lowest BCUT2D eigenvalue weighted by Gasteiger charge is -2.19. The summed E-state index contributed by atoms with van der Waals surface area (Å²) in [6, 6.07) is 4.12. The number of H-pyrrole nitrogens is 1. The predicted molar refractivity (Wildman–Crippen MR) is 85.4 cm³/mol. The Hall–Kier alpha value is -1.59. The van der Waals surface area contributed by atoms with Crippen LogP contribution in [0.15, 0.2) is 24.5 Å². The first-order valence-electron chi connectivity index (χ1n) is 7.18. The van der Waals surface area contributed by atoms with Gasteiger partial charge in [-0.3, -0.25) is 4.79 Å². The van der Waals surface area contributed by atoms with Gasteiger partial charge in [-0.05, 0) is 43.0 Å². The van der Waals surface area contributed by atoms with Crippen LogP contribution >= 0.6 is 12.4 Å². The van der Waals surface area contributed by atoms with Crippen molar-refractivity contribution in [1.29, 1.82) is 0 Å². The first-order valence-corrected chi connectivity index (χ1v) is 7.18. The van der Waals surface area contributed by atoms with Crippen molar-refractivity contribution >= 4 is 29.3 Å². The smallest absolute Gasteiger partial charge is 0.224 e. The van der Waals surface area contributed by atoms with Crippen LogP contribution in [0.25, 0.3) is 11.0 Å². The summed E-state index contributed by atoms with van der Waals surface area (Å²) in [5.74, 6) is 0.503. The molecule has 4 N–H and O–H groups in total. The van der Waals surface area contributed by atoms with E-state index in [1.807, 2.05) is 18.3 Å². The van der Waals surface area contributed by atoms with Crippen LogP contribution in [0.1, 0.15) is 24.8 Å². The van der Waals surface area contributed by atoms with Gasteiger partial charge in [0.2, 0.25) is 5.91 Å². The fourth-order valence-corrected chi connectivity index (χ4v) is 3.10. The number of nitrogens with zero attached hydrogens (tertiary/aromatic N) is 1. The molecule has 2 heterocycles. The number of halogens is 1. The number of aromatic amines is 1. The van der Waals surface area contributed by atoms with E-state index in [2.05, 4.69) is 15.3 Å². The maximum atomic E-state index is 12.2. The molecule has 2 aromatic rings. The van der Waals surface area contributed by atoms with E-state index in [4.69, 9.17) is 5.73 Å². The Balaban J connectivity index is 0.00000161. The van der Waals surface area contributed by atoms with Crippen molar-refractivity contribution in [3.8, 4) is 0 Å². The molecule has 1 amide bonds. The SMILES string of the molecule is Cl.NCC1CCCC1NC(=O)Cc1c[nH]c2ncccc12. The van der Waals surface area contributed by atoms with Gasteiger partial charge in [0.05, 0.1) is 6.42 Å². The van der Waals surface area contributed by atoms with E-state index in [0.29, 0.717) is 18.9 Å². The highest BCUT2D eigenvalue weighted by molar-refractivity contribution is 5.87. The van der Waals surface area contributed by atoms with E-state index < -0.39 is 0 Å². The molecule has 1 aliphatic carbocycles. The number of nitrogens with one attached hydrogen (secondary N) is 2. The number of nitrogens with two attached hydrogens (primary N) is 1. The van der Waals surface area contributed by atoms with Crippen molar-refractivity contribution < 1.29 is 4.79 Å². The number of amides is 1. The number of fused-ring (bicyclic) bond motifs is 1. The van der Waals surface area contributed by atoms with Gasteiger partial charge in [-0.2, -0.15) is 0 Å². The van der Waals surface area contributed by atoms with Crippen molar-refractivity contribution in [2.45, 2.75) is 31.7 Å². The lowest BCUT2D eigenvalue weighted by atomic mass is 10.0. The van der Waals surface area contributed by atoms with Gasteiger partial charge in [-0.15, -0.1) is 12.4 Å². The number of hydrogen-bond acceptors (Lipinski definition) is 3. The summed E-state index contributed by atoms with van der Waals surface area (Å²) in [5, 5.41) is 4.15. The normalized spacial score (nSPS) is 21.2. The number of pyridine rings is 1. The molecule has 0 bridgehead atoms. The average Bonchev–Trinajstić information content (AvgIpc) is 3.06. The third-order valence-corrected chi connectivity index (χ3v) is 4.20. The van der Waals surface area contributed by atoms with Crippen molar-refractivity contribution in [2.24, 2.45) is 11.7 Å². The van der Waals surface area contributed by atoms with E-state index in [1.165, 1.54) is 0 Å². The summed E-state index contributed by atoms with van der Waals surface area (Å²) >= 11 is 0. The molecule has 3 rings (SSSR count). The van der Waals surface area contributed by atoms with E-state index in [0.717, 1.165) is 35.9 Å². The maximum absolute atomic E-state index is 12.2. The number of aromatic nitrogens is 2. The van der Waals surface area contributed by atoms with Crippen LogP contribution in [0.4, 0.5) is 0 Å². The van der Waals surface area contributed by atoms with E-state index >= 15 is 0 Å². The zero-order valence-corrected chi connectivity index (χ0v) is 12.7. The van der Waals surface area contributed by atoms with Gasteiger partial charge in [-0.1, -0.05) is 6.42 Å². The van der Waals surface area contributed by atoms with Crippen molar-refractivity contribution in [1.82, 2.24) is 15.3 Å². The monoisotopic (exact) mass is 308 g/mol. The topological polar surface area (TPSA) is 83.8 Å². The Morgan fingerprint density at radius 1 is 1.48 bits per heavy atom. The summed E-state index contributed by atoms with van der Waals surface area (Å²) < 4.78 is 0. The Kier molecular flexibility index (Phi) is 5.20. The molecule has 5 nitrogen and oxygen atoms in total. The summed E-state index contributed by atoms with van der Waals surface area (Å²) in [6.07, 6.45) is 7.32. The van der Waals surface area contributed by atoms with Crippen molar-refractivity contribution in [3.63, 3.8) is 0 Å². The summed E-state index contributed by atoms with van der Waals surface area (Å²) in [4.78, 5) is 19.5. The maximum Gasteiger partial charge on any atom is 0.224 e. The van der Waals surface area contributed by atoms with E-state index in [-0.39, 0.29) is 24.4 Å². The minimum atomic E-state index is 0. The Labute approximate surface area is 130 Å². The van der Waals surface area contributed by atoms with Gasteiger partial charge in [0, 0.05) is 23.8 Å². The molecule has 21 heavy (non-hydrogen) atoms. The van der Waals surface area contributed by atoms with Crippen LogP contribution in [0.5, 0.6) is 0 Å². The first-order chi connectivity index (χ1) is 9.78. The fourth-order valence-electron chi connectivity index (χ4n) is 3.10. The average molecular weight is 309 g/mol. The molecule has 1 fully saturated rings. The van der Waals surface area contributed by atoms with Crippen molar-refractivity contribution in [2.75, 3.05) is 6.54 Å². The first kappa shape index (κ1) is 15.8. The molecule has 0 radical (unpaired) electrons. The van der Waals surface area contributed by atoms with Crippen LogP contribution in [0.2, 0.25) is 0 Å². The molecule has 1 saturated carbocycles. The zero-order chi connectivity index (χ0) is 13.9. The molecule has 2 atom stereocenters. The molecule has 0 saturated heterocycles. The number of rotatable bonds is 4. The molecular weight excluding hydrogens is 288 g/mol. The second-order valence-electron chi connectivity index (χ2n) is 5.49. The molecule has 114 valence electrons. The zero-order valence-electron chi connectivity index (χ0n) is 11.8. The van der Waals surface area contributed by atoms with E-state index in [1.54, 1.807) is 6.20 Å². The molecule has 0 aromatic carbocycles. The fraction of sp³-hybridized carbons (Fsp3) is 0.467. The quantitative estimate of drug-likeness (QED) is 0.805. The second kappa shape index (κ2) is 6.91. The third-order valence-electron chi connectivity index (χ3n) is 4.20. The Bertz CT molecular complexity index is 612. The predicted octanol–water partition coefficient (Wildman–Crippen LogP) is 1.77. The lowest BCUT2D eigenvalue weighted by molar-refractivity contribution is -0.121. The van der Waals surface area contributed by atoms with Gasteiger partial charge < -0.3 is 16.0 Å².